The minimum atomic E-state index is -0.828. The van der Waals surface area contributed by atoms with Crippen LogP contribution in [0.4, 0.5) is 14.6 Å². The topological polar surface area (TPSA) is 157 Å². The van der Waals surface area contributed by atoms with Crippen LogP contribution in [0.3, 0.4) is 0 Å². The number of fused-ring (bicyclic) bond motifs is 3. The van der Waals surface area contributed by atoms with Gasteiger partial charge in [0.2, 0.25) is 5.82 Å². The van der Waals surface area contributed by atoms with Gasteiger partial charge in [-0.1, -0.05) is 6.07 Å². The molecule has 224 valence electrons. The molecule has 0 aliphatic carbocycles. The predicted molar refractivity (Wildman–Crippen MR) is 154 cm³/mol. The molecule has 5 aromatic rings. The second-order valence-electron chi connectivity index (χ2n) is 11.1. The number of halogens is 2. The summed E-state index contributed by atoms with van der Waals surface area (Å²) in [7, 11) is 1.20. The summed E-state index contributed by atoms with van der Waals surface area (Å²) in [6.07, 6.45) is 7.39. The lowest BCUT2D eigenvalue weighted by molar-refractivity contribution is 0.0556. The smallest absolute Gasteiger partial charge is 0.291 e. The number of carbonyl (C=O) groups is 2. The summed E-state index contributed by atoms with van der Waals surface area (Å²) in [5, 5.41) is 10.9. The first kappa shape index (κ1) is 27.6. The number of ether oxygens (including phenoxy) is 1. The zero-order chi connectivity index (χ0) is 30.7. The number of hydrogen-bond donors (Lipinski definition) is 2. The number of piperidine rings is 1. The number of methoxy groups -OCH3 is 1. The number of ketones is 1. The number of aromatic amines is 1. The molecule has 2 unspecified atom stereocenters. The highest BCUT2D eigenvalue weighted by Crippen LogP contribution is 2.45. The summed E-state index contributed by atoms with van der Waals surface area (Å²) >= 11 is 0. The average Bonchev–Trinajstić information content (AvgIpc) is 3.75. The van der Waals surface area contributed by atoms with Gasteiger partial charge in [0.05, 0.1) is 30.3 Å². The van der Waals surface area contributed by atoms with Crippen LogP contribution in [-0.4, -0.2) is 70.5 Å². The molecule has 2 aliphatic heterocycles. The van der Waals surface area contributed by atoms with E-state index in [0.717, 1.165) is 25.0 Å². The normalized spacial score (nSPS) is 19.5. The summed E-state index contributed by atoms with van der Waals surface area (Å²) in [6, 6.07) is 5.65. The fraction of sp³-hybridized carbons (Fsp3) is 0.300. The maximum Gasteiger partial charge on any atom is 0.291 e. The molecule has 14 heteroatoms. The van der Waals surface area contributed by atoms with Crippen LogP contribution in [0.5, 0.6) is 5.75 Å². The Balaban J connectivity index is 1.24. The second kappa shape index (κ2) is 10.5. The molecule has 0 spiro atoms. The summed E-state index contributed by atoms with van der Waals surface area (Å²) < 4.78 is 34.8. The Morgan fingerprint density at radius 2 is 1.77 bits per heavy atom. The van der Waals surface area contributed by atoms with E-state index < -0.39 is 17.4 Å². The number of nitrogens with zero attached hydrogens (tertiary/aromatic N) is 7. The van der Waals surface area contributed by atoms with Crippen LogP contribution in [0, 0.1) is 11.6 Å². The maximum atomic E-state index is 14.3. The fourth-order valence-electron chi connectivity index (χ4n) is 6.68. The number of benzene rings is 1. The van der Waals surface area contributed by atoms with E-state index in [2.05, 4.69) is 25.3 Å². The lowest BCUT2D eigenvalue weighted by atomic mass is 9.85. The van der Waals surface area contributed by atoms with Gasteiger partial charge in [-0.25, -0.2) is 18.7 Å². The van der Waals surface area contributed by atoms with Crippen molar-refractivity contribution in [1.29, 1.82) is 0 Å². The van der Waals surface area contributed by atoms with Gasteiger partial charge >= 0.3 is 0 Å². The number of aromatic nitrogens is 7. The monoisotopic (exact) mass is 599 g/mol. The third-order valence-electron chi connectivity index (χ3n) is 8.61. The van der Waals surface area contributed by atoms with E-state index in [4.69, 9.17) is 15.5 Å². The third-order valence-corrected chi connectivity index (χ3v) is 8.61. The Morgan fingerprint density at radius 3 is 2.36 bits per heavy atom. The molecule has 3 atom stereocenters. The molecule has 0 radical (unpaired) electrons. The highest BCUT2D eigenvalue weighted by Gasteiger charge is 2.45. The van der Waals surface area contributed by atoms with Gasteiger partial charge in [-0.2, -0.15) is 14.7 Å². The second-order valence-corrected chi connectivity index (χ2v) is 11.1. The molecule has 7 rings (SSSR count). The quantitative estimate of drug-likeness (QED) is 0.273. The number of nitrogens with one attached hydrogen (secondary N) is 1. The Hall–Kier alpha value is -5.27. The number of nitrogens with two attached hydrogens (primary N) is 1. The lowest BCUT2D eigenvalue weighted by Gasteiger charge is -2.38. The summed E-state index contributed by atoms with van der Waals surface area (Å²) in [6.45, 7) is 1.46. The van der Waals surface area contributed by atoms with Crippen molar-refractivity contribution in [3.8, 4) is 28.1 Å². The molecule has 2 fully saturated rings. The van der Waals surface area contributed by atoms with Crippen molar-refractivity contribution in [3.05, 3.63) is 71.7 Å². The molecule has 1 aromatic carbocycles. The van der Waals surface area contributed by atoms with Crippen LogP contribution in [0.1, 0.15) is 65.2 Å². The standard InChI is InChI=1S/C30H27F2N9O3/c1-14(42)24-25(17-7-18-4-5-19(8-17)40(18)30(43)28-35-13-36-39-28)38-29-20(12-37-41(29)27(24)33)15-3-6-23(34-11-15)16-9-21(31)26(44-2)22(32)10-16/h3,6,9-13,17-19H,4-5,7-8,33H2,1-2H3,(H,35,36,39)/t17?,18-,19?/m0/s1. The van der Waals surface area contributed by atoms with E-state index in [9.17, 15) is 18.4 Å². The minimum Gasteiger partial charge on any atom is -0.491 e. The van der Waals surface area contributed by atoms with Crippen LogP contribution in [-0.2, 0) is 0 Å². The van der Waals surface area contributed by atoms with E-state index in [-0.39, 0.29) is 46.9 Å². The van der Waals surface area contributed by atoms with Gasteiger partial charge in [-0.15, -0.1) is 0 Å². The number of hydrogen-bond acceptors (Lipinski definition) is 9. The van der Waals surface area contributed by atoms with Crippen LogP contribution < -0.4 is 10.5 Å². The molecule has 12 nitrogen and oxygen atoms in total. The number of H-pyrrole nitrogens is 1. The third kappa shape index (κ3) is 4.36. The van der Waals surface area contributed by atoms with Gasteiger partial charge < -0.3 is 15.4 Å². The zero-order valence-corrected chi connectivity index (χ0v) is 23.8. The number of Topliss-reactive ketones (excluding diaryl/α,β-unsaturated/α-hetero) is 1. The first-order valence-corrected chi connectivity index (χ1v) is 14.1. The number of rotatable bonds is 6. The molecule has 2 saturated heterocycles. The van der Waals surface area contributed by atoms with Gasteiger partial charge in [0.25, 0.3) is 5.91 Å². The van der Waals surface area contributed by atoms with E-state index in [1.807, 2.05) is 4.90 Å². The van der Waals surface area contributed by atoms with Crippen LogP contribution in [0.2, 0.25) is 0 Å². The van der Waals surface area contributed by atoms with Crippen LogP contribution >= 0.6 is 0 Å². The number of carbonyl (C=O) groups excluding carboxylic acids is 2. The Labute approximate surface area is 249 Å². The van der Waals surface area contributed by atoms with Gasteiger partial charge in [0.1, 0.15) is 12.1 Å². The highest BCUT2D eigenvalue weighted by molar-refractivity contribution is 6.00. The van der Waals surface area contributed by atoms with Crippen LogP contribution in [0.25, 0.3) is 28.0 Å². The van der Waals surface area contributed by atoms with Crippen molar-refractivity contribution >= 4 is 23.2 Å². The number of anilines is 1. The summed E-state index contributed by atoms with van der Waals surface area (Å²) in [5.74, 6) is -2.23. The first-order chi connectivity index (χ1) is 21.2. The van der Waals surface area contributed by atoms with Crippen molar-refractivity contribution < 1.29 is 23.1 Å². The first-order valence-electron chi connectivity index (χ1n) is 14.1. The maximum absolute atomic E-state index is 14.3. The van der Waals surface area contributed by atoms with Gasteiger partial charge in [0.15, 0.2) is 28.8 Å². The molecule has 2 bridgehead atoms. The Bertz CT molecular complexity index is 1890. The highest BCUT2D eigenvalue weighted by atomic mass is 19.1. The fourth-order valence-corrected chi connectivity index (χ4v) is 6.68. The molecular weight excluding hydrogens is 572 g/mol. The molecule has 44 heavy (non-hydrogen) atoms. The predicted octanol–water partition coefficient (Wildman–Crippen LogP) is 4.20. The molecule has 0 saturated carbocycles. The minimum absolute atomic E-state index is 0.0378. The SMILES string of the molecule is COc1c(F)cc(-c2ccc(-c3cnn4c(N)c(C(C)=O)c(C5CC6CC[C@@H](C5)N6C(=O)c5ncn[nH]5)nc34)cn2)cc1F. The van der Waals surface area contributed by atoms with E-state index in [1.165, 1.54) is 24.9 Å². The summed E-state index contributed by atoms with van der Waals surface area (Å²) in [5.41, 5.74) is 9.81. The zero-order valence-electron chi connectivity index (χ0n) is 23.8. The van der Waals surface area contributed by atoms with Gasteiger partial charge in [0, 0.05) is 40.9 Å². The van der Waals surface area contributed by atoms with Crippen molar-refractivity contribution in [2.75, 3.05) is 12.8 Å². The van der Waals surface area contributed by atoms with Gasteiger partial charge in [-0.3, -0.25) is 19.7 Å². The number of nitrogen functional groups attached to an aromatic ring is 1. The Morgan fingerprint density at radius 1 is 1.05 bits per heavy atom. The molecule has 1 amide bonds. The van der Waals surface area contributed by atoms with Crippen molar-refractivity contribution in [1.82, 2.24) is 39.7 Å². The molecule has 4 aromatic heterocycles. The van der Waals surface area contributed by atoms with Crippen molar-refractivity contribution in [3.63, 3.8) is 0 Å². The lowest BCUT2D eigenvalue weighted by Crippen LogP contribution is -2.46. The Kier molecular flexibility index (Phi) is 6.56. The average molecular weight is 600 g/mol. The van der Waals surface area contributed by atoms with Crippen molar-refractivity contribution in [2.45, 2.75) is 50.6 Å². The molecular formula is C30H27F2N9O3. The van der Waals surface area contributed by atoms with Gasteiger partial charge in [-0.05, 0) is 50.8 Å². The molecule has 6 heterocycles. The van der Waals surface area contributed by atoms with Crippen molar-refractivity contribution in [2.24, 2.45) is 0 Å². The number of pyridine rings is 1. The van der Waals surface area contributed by atoms with E-state index in [1.54, 1.807) is 24.5 Å². The largest absolute Gasteiger partial charge is 0.491 e. The summed E-state index contributed by atoms with van der Waals surface area (Å²) in [4.78, 5) is 41.4. The number of amides is 1. The molecule has 2 aliphatic rings. The van der Waals surface area contributed by atoms with Crippen LogP contribution in [0.15, 0.2) is 43.0 Å². The van der Waals surface area contributed by atoms with E-state index >= 15 is 0 Å². The van der Waals surface area contributed by atoms with E-state index in [0.29, 0.717) is 46.6 Å². The molecule has 3 N–H and O–H groups in total.